The first-order valence-corrected chi connectivity index (χ1v) is 9.98. The molecule has 1 saturated carbocycles. The molecule has 1 unspecified atom stereocenters. The van der Waals surface area contributed by atoms with Crippen molar-refractivity contribution in [3.8, 4) is 11.1 Å². The van der Waals surface area contributed by atoms with Crippen molar-refractivity contribution >= 4 is 23.4 Å². The molecular weight excluding hydrogens is 390 g/mol. The van der Waals surface area contributed by atoms with Crippen LogP contribution in [-0.4, -0.2) is 35.2 Å². The smallest absolute Gasteiger partial charge is 0.253 e. The topological polar surface area (TPSA) is 104 Å². The molecule has 29 heavy (non-hydrogen) atoms. The molecule has 2 aromatic rings. The summed E-state index contributed by atoms with van der Waals surface area (Å²) in [6, 6.07) is 13.1. The Balaban J connectivity index is 1.83. The third-order valence-corrected chi connectivity index (χ3v) is 5.66. The van der Waals surface area contributed by atoms with E-state index in [1.165, 1.54) is 6.92 Å². The van der Waals surface area contributed by atoms with Crippen molar-refractivity contribution in [2.45, 2.75) is 38.5 Å². The van der Waals surface area contributed by atoms with Gasteiger partial charge in [0.15, 0.2) is 0 Å². The van der Waals surface area contributed by atoms with Crippen LogP contribution < -0.4 is 16.4 Å². The van der Waals surface area contributed by atoms with Crippen LogP contribution in [-0.2, 0) is 4.79 Å². The summed E-state index contributed by atoms with van der Waals surface area (Å²) in [6.07, 6.45) is 0.420. The van der Waals surface area contributed by atoms with Crippen LogP contribution in [0, 0.1) is 12.8 Å². The first kappa shape index (κ1) is 21.3. The molecule has 2 aromatic carbocycles. The van der Waals surface area contributed by atoms with Gasteiger partial charge in [0, 0.05) is 13.5 Å². The van der Waals surface area contributed by atoms with Gasteiger partial charge in [0.1, 0.15) is 6.23 Å². The van der Waals surface area contributed by atoms with Crippen molar-refractivity contribution in [1.82, 2.24) is 10.6 Å². The van der Waals surface area contributed by atoms with E-state index in [0.29, 0.717) is 16.1 Å². The first-order chi connectivity index (χ1) is 13.7. The Hall–Kier alpha value is -2.41. The molecule has 1 aliphatic rings. The van der Waals surface area contributed by atoms with E-state index >= 15 is 0 Å². The van der Waals surface area contributed by atoms with Crippen LogP contribution in [0.15, 0.2) is 42.5 Å². The Kier molecular flexibility index (Phi) is 6.27. The van der Waals surface area contributed by atoms with E-state index in [4.69, 9.17) is 17.3 Å². The normalized spacial score (nSPS) is 16.6. The van der Waals surface area contributed by atoms with Crippen LogP contribution >= 0.6 is 11.6 Å². The summed E-state index contributed by atoms with van der Waals surface area (Å²) in [5, 5.41) is 16.0. The predicted molar refractivity (Wildman–Crippen MR) is 113 cm³/mol. The van der Waals surface area contributed by atoms with Gasteiger partial charge >= 0.3 is 0 Å². The number of hydrogen-bond acceptors (Lipinski definition) is 4. The number of hydrogen-bond donors (Lipinski definition) is 4. The van der Waals surface area contributed by atoms with Gasteiger partial charge in [-0.25, -0.2) is 0 Å². The highest BCUT2D eigenvalue weighted by Gasteiger charge is 2.48. The van der Waals surface area contributed by atoms with Gasteiger partial charge in [-0.15, -0.1) is 0 Å². The molecule has 0 aliphatic heterocycles. The minimum atomic E-state index is -1.25. The Morgan fingerprint density at radius 2 is 1.90 bits per heavy atom. The van der Waals surface area contributed by atoms with Gasteiger partial charge in [0.2, 0.25) is 5.91 Å². The average Bonchev–Trinajstić information content (AvgIpc) is 3.51. The third kappa shape index (κ3) is 4.78. The predicted octanol–water partition coefficient (Wildman–Crippen LogP) is 2.61. The number of aryl methyl sites for hydroxylation is 1. The van der Waals surface area contributed by atoms with Crippen LogP contribution in [0.4, 0.5) is 0 Å². The number of aliphatic hydroxyl groups excluding tert-OH is 1. The van der Waals surface area contributed by atoms with Crippen LogP contribution in [0.3, 0.4) is 0 Å². The molecule has 0 aromatic heterocycles. The highest BCUT2D eigenvalue weighted by atomic mass is 35.5. The van der Waals surface area contributed by atoms with E-state index in [0.717, 1.165) is 24.0 Å². The number of rotatable bonds is 7. The molecule has 5 N–H and O–H groups in total. The van der Waals surface area contributed by atoms with E-state index in [-0.39, 0.29) is 24.3 Å². The van der Waals surface area contributed by atoms with Gasteiger partial charge in [0.25, 0.3) is 5.91 Å². The fraction of sp³-hybridized carbons (Fsp3) is 0.364. The molecule has 2 amide bonds. The minimum Gasteiger partial charge on any atom is -0.372 e. The maximum absolute atomic E-state index is 13.0. The molecule has 7 heteroatoms. The number of benzene rings is 2. The SMILES string of the molecule is CC(=O)NC(O)[C@](N)(CNC(=O)c1c(Cl)cccc1-c1ccc(C)cc1)C1CC1. The Bertz CT molecular complexity index is 912. The average molecular weight is 416 g/mol. The number of carbonyl (C=O) groups excluding carboxylic acids is 2. The fourth-order valence-electron chi connectivity index (χ4n) is 3.46. The summed E-state index contributed by atoms with van der Waals surface area (Å²) in [5.74, 6) is -0.740. The van der Waals surface area contributed by atoms with E-state index < -0.39 is 11.8 Å². The standard InChI is InChI=1S/C22H26ClN3O3/c1-13-6-8-15(9-7-13)17-4-3-5-18(23)19(17)20(28)25-12-22(24,16-10-11-16)21(29)26-14(2)27/h3-9,16,21,29H,10-12,24H2,1-2H3,(H,25,28)(H,26,27)/t21?,22-/m0/s1. The number of carbonyl (C=O) groups is 2. The number of nitrogens with two attached hydrogens (primary N) is 1. The van der Waals surface area contributed by atoms with E-state index in [1.807, 2.05) is 37.3 Å². The van der Waals surface area contributed by atoms with Crippen LogP contribution in [0.2, 0.25) is 5.02 Å². The molecule has 6 nitrogen and oxygen atoms in total. The molecule has 0 saturated heterocycles. The van der Waals surface area contributed by atoms with Crippen molar-refractivity contribution in [2.24, 2.45) is 11.7 Å². The van der Waals surface area contributed by atoms with Crippen LogP contribution in [0.5, 0.6) is 0 Å². The summed E-state index contributed by atoms with van der Waals surface area (Å²) in [7, 11) is 0. The first-order valence-electron chi connectivity index (χ1n) is 9.60. The van der Waals surface area contributed by atoms with Crippen LogP contribution in [0.25, 0.3) is 11.1 Å². The van der Waals surface area contributed by atoms with Gasteiger partial charge in [-0.3, -0.25) is 9.59 Å². The lowest BCUT2D eigenvalue weighted by Crippen LogP contribution is -2.65. The van der Waals surface area contributed by atoms with E-state index in [2.05, 4.69) is 10.6 Å². The summed E-state index contributed by atoms with van der Waals surface area (Å²) in [4.78, 5) is 24.4. The second-order valence-electron chi connectivity index (χ2n) is 7.70. The van der Waals surface area contributed by atoms with Gasteiger partial charge in [-0.05, 0) is 42.9 Å². The lowest BCUT2D eigenvalue weighted by Gasteiger charge is -2.35. The Labute approximate surface area is 175 Å². The second-order valence-corrected chi connectivity index (χ2v) is 8.11. The minimum absolute atomic E-state index is 0.0104. The molecule has 0 spiro atoms. The third-order valence-electron chi connectivity index (χ3n) is 5.34. The van der Waals surface area contributed by atoms with E-state index in [9.17, 15) is 14.7 Å². The van der Waals surface area contributed by atoms with Crippen molar-refractivity contribution in [2.75, 3.05) is 6.54 Å². The zero-order chi connectivity index (χ0) is 21.2. The van der Waals surface area contributed by atoms with Crippen molar-refractivity contribution in [1.29, 1.82) is 0 Å². The Morgan fingerprint density at radius 3 is 2.48 bits per heavy atom. The van der Waals surface area contributed by atoms with Crippen molar-refractivity contribution in [3.63, 3.8) is 0 Å². The highest BCUT2D eigenvalue weighted by molar-refractivity contribution is 6.34. The fourth-order valence-corrected chi connectivity index (χ4v) is 3.72. The molecule has 154 valence electrons. The quantitative estimate of drug-likeness (QED) is 0.522. The monoisotopic (exact) mass is 415 g/mol. The van der Waals surface area contributed by atoms with Gasteiger partial charge in [0.05, 0.1) is 16.1 Å². The van der Waals surface area contributed by atoms with Crippen molar-refractivity contribution < 1.29 is 14.7 Å². The number of aliphatic hydroxyl groups is 1. The van der Waals surface area contributed by atoms with Crippen LogP contribution in [0.1, 0.15) is 35.7 Å². The number of amides is 2. The zero-order valence-electron chi connectivity index (χ0n) is 16.5. The van der Waals surface area contributed by atoms with Gasteiger partial charge in [-0.2, -0.15) is 0 Å². The largest absolute Gasteiger partial charge is 0.372 e. The van der Waals surface area contributed by atoms with Crippen molar-refractivity contribution in [3.05, 3.63) is 58.6 Å². The summed E-state index contributed by atoms with van der Waals surface area (Å²) < 4.78 is 0. The molecule has 3 rings (SSSR count). The number of nitrogens with one attached hydrogen (secondary N) is 2. The summed E-state index contributed by atoms with van der Waals surface area (Å²) in [5.41, 5.74) is 8.33. The Morgan fingerprint density at radius 1 is 1.24 bits per heavy atom. The molecule has 0 heterocycles. The zero-order valence-corrected chi connectivity index (χ0v) is 17.3. The maximum Gasteiger partial charge on any atom is 0.253 e. The molecular formula is C22H26ClN3O3. The maximum atomic E-state index is 13.0. The second kappa shape index (κ2) is 8.53. The molecule has 2 atom stereocenters. The molecule has 0 bridgehead atoms. The number of halogens is 1. The van der Waals surface area contributed by atoms with Gasteiger partial charge < -0.3 is 21.5 Å². The molecule has 0 radical (unpaired) electrons. The molecule has 1 aliphatic carbocycles. The lowest BCUT2D eigenvalue weighted by molar-refractivity contribution is -0.123. The summed E-state index contributed by atoms with van der Waals surface area (Å²) >= 11 is 6.36. The lowest BCUT2D eigenvalue weighted by atomic mass is 9.91. The summed E-state index contributed by atoms with van der Waals surface area (Å²) in [6.45, 7) is 3.32. The molecule has 1 fully saturated rings. The van der Waals surface area contributed by atoms with E-state index in [1.54, 1.807) is 12.1 Å². The highest BCUT2D eigenvalue weighted by Crippen LogP contribution is 2.39. The van der Waals surface area contributed by atoms with Gasteiger partial charge in [-0.1, -0.05) is 53.6 Å².